The first-order valence-corrected chi connectivity index (χ1v) is 3.75. The van der Waals surface area contributed by atoms with Gasteiger partial charge in [0.15, 0.2) is 0 Å². The summed E-state index contributed by atoms with van der Waals surface area (Å²) >= 11 is 0. The molecule has 0 saturated heterocycles. The first-order chi connectivity index (χ1) is 2.56. The van der Waals surface area contributed by atoms with E-state index in [9.17, 15) is 8.42 Å². The second-order valence-corrected chi connectivity index (χ2v) is 3.64. The zero-order valence-electron chi connectivity index (χ0n) is 3.35. The summed E-state index contributed by atoms with van der Waals surface area (Å²) in [5.74, 6) is -0.242. The van der Waals surface area contributed by atoms with E-state index >= 15 is 0 Å². The van der Waals surface area contributed by atoms with Crippen LogP contribution in [0.2, 0.25) is 0 Å². The van der Waals surface area contributed by atoms with Crippen molar-refractivity contribution >= 4 is 19.7 Å². The smallest absolute Gasteiger partial charge is 0.204 e. The Balaban J connectivity index is 0. The van der Waals surface area contributed by atoms with Gasteiger partial charge in [-0.15, -0.1) is 0 Å². The van der Waals surface area contributed by atoms with Gasteiger partial charge in [0.1, 0.15) is 0 Å². The fourth-order valence-electron chi connectivity index (χ4n) is 0. The van der Waals surface area contributed by atoms with Crippen molar-refractivity contribution in [3.63, 3.8) is 0 Å². The average molecular weight is 187 g/mol. The van der Waals surface area contributed by atoms with Crippen LogP contribution in [0.25, 0.3) is 0 Å². The molecule has 0 aromatic rings. The average Bonchev–Trinajstić information content (AvgIpc) is 1.35. The van der Waals surface area contributed by atoms with Crippen molar-refractivity contribution in [1.29, 1.82) is 0 Å². The summed E-state index contributed by atoms with van der Waals surface area (Å²) in [4.78, 5) is 0. The molecule has 0 spiro atoms. The largest absolute Gasteiger partial charge is 0.328 e. The van der Waals surface area contributed by atoms with E-state index in [2.05, 4.69) is 17.6 Å². The molecule has 5 heteroatoms. The number of rotatable bonds is 1. The molecule has 0 aromatic carbocycles. The quantitative estimate of drug-likeness (QED) is 0.439. The molecule has 0 aliphatic heterocycles. The van der Waals surface area contributed by atoms with E-state index < -0.39 is 9.05 Å². The molecule has 0 amide bonds. The van der Waals surface area contributed by atoms with Crippen molar-refractivity contribution in [3.05, 3.63) is 6.92 Å². The Morgan fingerprint density at radius 3 is 1.71 bits per heavy atom. The molecule has 0 rings (SSSR count). The molecule has 0 aliphatic carbocycles. The minimum Gasteiger partial charge on any atom is -0.328 e. The third kappa shape index (κ3) is 10.8. The van der Waals surface area contributed by atoms with Crippen molar-refractivity contribution in [2.75, 3.05) is 5.75 Å². The van der Waals surface area contributed by atoms with Crippen molar-refractivity contribution in [3.8, 4) is 0 Å². The van der Waals surface area contributed by atoms with Crippen LogP contribution in [0.1, 0.15) is 0 Å². The van der Waals surface area contributed by atoms with Gasteiger partial charge in [0.2, 0.25) is 9.05 Å². The minimum absolute atomic E-state index is 0. The van der Waals surface area contributed by atoms with E-state index in [1.165, 1.54) is 0 Å². The Kier molecular flexibility index (Phi) is 5.66. The van der Waals surface area contributed by atoms with Gasteiger partial charge in [-0.25, -0.2) is 8.42 Å². The fourth-order valence-corrected chi connectivity index (χ4v) is 0. The van der Waals surface area contributed by atoms with Crippen molar-refractivity contribution < 1.29 is 25.2 Å². The molecule has 0 fully saturated rings. The molecule has 0 unspecified atom stereocenters. The molecule has 0 N–H and O–H groups in total. The summed E-state index contributed by atoms with van der Waals surface area (Å²) in [6.45, 7) is 3.04. The third-order valence-electron chi connectivity index (χ3n) is 0.244. The Hall–Kier alpha value is 0.746. The van der Waals surface area contributed by atoms with Crippen LogP contribution in [0.5, 0.6) is 0 Å². The van der Waals surface area contributed by atoms with Gasteiger partial charge in [-0.1, -0.05) is 5.75 Å². The summed E-state index contributed by atoms with van der Waals surface area (Å²) < 4.78 is 19.4. The van der Waals surface area contributed by atoms with Gasteiger partial charge in [-0.2, -0.15) is 0 Å². The van der Waals surface area contributed by atoms with Crippen LogP contribution in [-0.2, 0) is 25.8 Å². The summed E-state index contributed by atoms with van der Waals surface area (Å²) in [5, 5.41) is 0. The monoisotopic (exact) mass is 186 g/mol. The van der Waals surface area contributed by atoms with Crippen LogP contribution in [0.4, 0.5) is 0 Å². The molecular formula is C2H4ClCoO2S-. The number of halogens is 1. The SMILES string of the molecule is [CH2-]CS(=O)(=O)Cl.[Co]. The van der Waals surface area contributed by atoms with Crippen LogP contribution in [-0.4, -0.2) is 14.2 Å². The second-order valence-electron chi connectivity index (χ2n) is 0.743. The Labute approximate surface area is 57.9 Å². The van der Waals surface area contributed by atoms with Gasteiger partial charge >= 0.3 is 0 Å². The first-order valence-electron chi connectivity index (χ1n) is 1.28. The van der Waals surface area contributed by atoms with Crippen LogP contribution >= 0.6 is 10.7 Å². The molecule has 0 heterocycles. The van der Waals surface area contributed by atoms with E-state index in [0.717, 1.165) is 0 Å². The summed E-state index contributed by atoms with van der Waals surface area (Å²) in [6, 6.07) is 0. The molecular weight excluding hydrogens is 182 g/mol. The zero-order valence-corrected chi connectivity index (χ0v) is 5.96. The topological polar surface area (TPSA) is 34.1 Å². The van der Waals surface area contributed by atoms with E-state index in [4.69, 9.17) is 0 Å². The molecule has 0 aromatic heterocycles. The maximum atomic E-state index is 9.70. The Morgan fingerprint density at radius 1 is 1.57 bits per heavy atom. The predicted molar refractivity (Wildman–Crippen MR) is 25.0 cm³/mol. The van der Waals surface area contributed by atoms with Gasteiger partial charge in [-0.3, -0.25) is 0 Å². The molecule has 0 aliphatic rings. The maximum Gasteiger partial charge on any atom is 0.204 e. The predicted octanol–water partition coefficient (Wildman–Crippen LogP) is 0.387. The zero-order chi connectivity index (χ0) is 5.21. The van der Waals surface area contributed by atoms with Crippen LogP contribution in [0.15, 0.2) is 0 Å². The van der Waals surface area contributed by atoms with Crippen LogP contribution < -0.4 is 0 Å². The van der Waals surface area contributed by atoms with Crippen molar-refractivity contribution in [2.45, 2.75) is 0 Å². The number of hydrogen-bond acceptors (Lipinski definition) is 2. The molecule has 0 atom stereocenters. The van der Waals surface area contributed by atoms with Gasteiger partial charge in [0, 0.05) is 27.5 Å². The van der Waals surface area contributed by atoms with Gasteiger partial charge in [0.05, 0.1) is 0 Å². The van der Waals surface area contributed by atoms with Gasteiger partial charge < -0.3 is 6.92 Å². The second kappa shape index (κ2) is 3.71. The van der Waals surface area contributed by atoms with E-state index in [1.54, 1.807) is 0 Å². The molecule has 1 radical (unpaired) electrons. The minimum atomic E-state index is -3.30. The van der Waals surface area contributed by atoms with E-state index in [1.807, 2.05) is 0 Å². The summed E-state index contributed by atoms with van der Waals surface area (Å²) in [6.07, 6.45) is 0. The van der Waals surface area contributed by atoms with E-state index in [0.29, 0.717) is 0 Å². The molecule has 0 bridgehead atoms. The van der Waals surface area contributed by atoms with Gasteiger partial charge in [-0.05, 0) is 0 Å². The van der Waals surface area contributed by atoms with Gasteiger partial charge in [0.25, 0.3) is 0 Å². The van der Waals surface area contributed by atoms with Crippen LogP contribution in [0, 0.1) is 6.92 Å². The van der Waals surface area contributed by atoms with Crippen LogP contribution in [0.3, 0.4) is 0 Å². The Morgan fingerprint density at radius 2 is 1.71 bits per heavy atom. The summed E-state index contributed by atoms with van der Waals surface area (Å²) in [7, 11) is 1.33. The normalized spacial score (nSPS) is 10.0. The molecule has 0 saturated carbocycles. The standard InChI is InChI=1S/C2H4ClO2S.Co/c1-2-6(3,4)5;/h1-2H2;/q-1;. The summed E-state index contributed by atoms with van der Waals surface area (Å²) in [5.41, 5.74) is 0. The Bertz CT molecular complexity index is 118. The number of hydrogen-bond donors (Lipinski definition) is 0. The molecule has 7 heavy (non-hydrogen) atoms. The maximum absolute atomic E-state index is 9.70. The molecule has 47 valence electrons. The fraction of sp³-hybridized carbons (Fsp3) is 0.500. The van der Waals surface area contributed by atoms with Crippen molar-refractivity contribution in [2.24, 2.45) is 0 Å². The van der Waals surface area contributed by atoms with E-state index in [-0.39, 0.29) is 22.5 Å². The molecule has 2 nitrogen and oxygen atoms in total. The van der Waals surface area contributed by atoms with Crippen molar-refractivity contribution in [1.82, 2.24) is 0 Å². The first kappa shape index (κ1) is 10.7. The third-order valence-corrected chi connectivity index (χ3v) is 1.19.